The Morgan fingerprint density at radius 3 is 2.86 bits per heavy atom. The number of imidazole rings is 1. The maximum atomic E-state index is 13.0. The number of rotatable bonds is 6. The molecule has 1 amide bonds. The van der Waals surface area contributed by atoms with Crippen LogP contribution in [0.2, 0.25) is 0 Å². The molecule has 1 atom stereocenters. The summed E-state index contributed by atoms with van der Waals surface area (Å²) in [6.07, 6.45) is 2.48. The third-order valence-electron chi connectivity index (χ3n) is 5.05. The molecule has 1 aliphatic heterocycles. The van der Waals surface area contributed by atoms with Gasteiger partial charge in [-0.2, -0.15) is 5.10 Å². The van der Waals surface area contributed by atoms with E-state index in [0.29, 0.717) is 48.0 Å². The second-order valence-corrected chi connectivity index (χ2v) is 7.13. The molecular formula is C21H23N5O3. The van der Waals surface area contributed by atoms with E-state index < -0.39 is 0 Å². The van der Waals surface area contributed by atoms with Crippen molar-refractivity contribution in [3.8, 4) is 5.75 Å². The number of carbonyl (C=O) groups excluding carboxylic acids is 2. The first-order valence-electron chi connectivity index (χ1n) is 9.59. The van der Waals surface area contributed by atoms with Crippen LogP contribution in [0.15, 0.2) is 30.9 Å². The molecule has 0 aliphatic carbocycles. The predicted molar refractivity (Wildman–Crippen MR) is 110 cm³/mol. The van der Waals surface area contributed by atoms with Crippen molar-refractivity contribution in [2.75, 3.05) is 11.9 Å². The van der Waals surface area contributed by atoms with Crippen molar-refractivity contribution >= 4 is 28.7 Å². The normalized spacial score (nSPS) is 15.2. The Balaban J connectivity index is 1.82. The Morgan fingerprint density at radius 2 is 2.17 bits per heavy atom. The average molecular weight is 393 g/mol. The van der Waals surface area contributed by atoms with E-state index >= 15 is 0 Å². The first-order chi connectivity index (χ1) is 13.9. The fourth-order valence-corrected chi connectivity index (χ4v) is 3.71. The summed E-state index contributed by atoms with van der Waals surface area (Å²) in [7, 11) is 0. The van der Waals surface area contributed by atoms with Crippen molar-refractivity contribution in [2.24, 2.45) is 0 Å². The lowest BCUT2D eigenvalue weighted by molar-refractivity contribution is 0.100. The molecule has 3 heterocycles. The minimum Gasteiger partial charge on any atom is -0.489 e. The molecule has 2 aromatic heterocycles. The van der Waals surface area contributed by atoms with Crippen molar-refractivity contribution < 1.29 is 14.3 Å². The van der Waals surface area contributed by atoms with E-state index in [9.17, 15) is 9.59 Å². The number of nitrogens with one attached hydrogen (secondary N) is 1. The zero-order chi connectivity index (χ0) is 20.7. The van der Waals surface area contributed by atoms with Crippen LogP contribution in [0.4, 0.5) is 5.95 Å². The number of hydrogen-bond acceptors (Lipinski definition) is 5. The van der Waals surface area contributed by atoms with Crippen molar-refractivity contribution in [2.45, 2.75) is 39.8 Å². The molecule has 29 heavy (non-hydrogen) atoms. The van der Waals surface area contributed by atoms with Gasteiger partial charge in [0.1, 0.15) is 23.6 Å². The largest absolute Gasteiger partial charge is 0.489 e. The highest BCUT2D eigenvalue weighted by Crippen LogP contribution is 2.38. The van der Waals surface area contributed by atoms with Crippen LogP contribution in [-0.2, 0) is 6.54 Å². The molecule has 8 nitrogen and oxygen atoms in total. The second-order valence-electron chi connectivity index (χ2n) is 7.13. The van der Waals surface area contributed by atoms with Crippen LogP contribution in [0.5, 0.6) is 5.75 Å². The topological polar surface area (TPSA) is 91.0 Å². The van der Waals surface area contributed by atoms with Crippen molar-refractivity contribution in [3.63, 3.8) is 0 Å². The number of aromatic nitrogens is 4. The van der Waals surface area contributed by atoms with Gasteiger partial charge in [0.15, 0.2) is 5.78 Å². The smallest absolute Gasteiger partial charge is 0.276 e. The van der Waals surface area contributed by atoms with Crippen molar-refractivity contribution in [1.82, 2.24) is 19.3 Å². The molecule has 0 radical (unpaired) electrons. The number of Topliss-reactive ketones (excluding diaryl/α,β-unsaturated/α-hetero) is 1. The first-order valence-corrected chi connectivity index (χ1v) is 9.59. The van der Waals surface area contributed by atoms with Gasteiger partial charge in [0, 0.05) is 12.1 Å². The molecular weight excluding hydrogens is 370 g/mol. The monoisotopic (exact) mass is 393 g/mol. The zero-order valence-electron chi connectivity index (χ0n) is 16.7. The van der Waals surface area contributed by atoms with Crippen LogP contribution in [0, 0.1) is 6.92 Å². The number of amides is 1. The predicted octanol–water partition coefficient (Wildman–Crippen LogP) is 3.53. The van der Waals surface area contributed by atoms with Gasteiger partial charge in [-0.1, -0.05) is 6.08 Å². The van der Waals surface area contributed by atoms with Gasteiger partial charge in [-0.15, -0.1) is 6.58 Å². The summed E-state index contributed by atoms with van der Waals surface area (Å²) in [5.41, 5.74) is 3.15. The average Bonchev–Trinajstić information content (AvgIpc) is 3.25. The van der Waals surface area contributed by atoms with Gasteiger partial charge in [-0.25, -0.2) is 4.98 Å². The fourth-order valence-electron chi connectivity index (χ4n) is 3.71. The highest BCUT2D eigenvalue weighted by molar-refractivity contribution is 6.04. The quantitative estimate of drug-likeness (QED) is 0.511. The van der Waals surface area contributed by atoms with Crippen molar-refractivity contribution in [1.29, 1.82) is 0 Å². The fraction of sp³-hybridized carbons (Fsp3) is 0.333. The molecule has 0 bridgehead atoms. The minimum absolute atomic E-state index is 0.0544. The molecule has 1 N–H and O–H groups in total. The van der Waals surface area contributed by atoms with E-state index in [2.05, 4.69) is 22.0 Å². The maximum Gasteiger partial charge on any atom is 0.276 e. The van der Waals surface area contributed by atoms with Crippen molar-refractivity contribution in [3.05, 3.63) is 47.8 Å². The SMILES string of the molecule is C=CC[C@@H]1COc2cc(C(C)=O)cc3nc(NC(=O)c4cc(C)nn4CC)n1c23. The third kappa shape index (κ3) is 3.20. The number of carbonyl (C=O) groups is 2. The summed E-state index contributed by atoms with van der Waals surface area (Å²) in [5.74, 6) is 0.665. The number of hydrogen-bond donors (Lipinski definition) is 1. The van der Waals surface area contributed by atoms with Gasteiger partial charge in [-0.3, -0.25) is 24.2 Å². The van der Waals surface area contributed by atoms with Crippen LogP contribution in [-0.4, -0.2) is 37.6 Å². The summed E-state index contributed by atoms with van der Waals surface area (Å²) in [5, 5.41) is 7.27. The van der Waals surface area contributed by atoms with E-state index in [0.717, 1.165) is 11.2 Å². The van der Waals surface area contributed by atoms with Gasteiger partial charge in [-0.05, 0) is 45.4 Å². The number of allylic oxidation sites excluding steroid dienone is 1. The Morgan fingerprint density at radius 1 is 1.38 bits per heavy atom. The molecule has 0 unspecified atom stereocenters. The van der Waals surface area contributed by atoms with Crippen LogP contribution in [0.1, 0.15) is 52.9 Å². The van der Waals surface area contributed by atoms with Crippen LogP contribution in [0.25, 0.3) is 11.0 Å². The molecule has 4 rings (SSSR count). The van der Waals surface area contributed by atoms with Gasteiger partial charge in [0.25, 0.3) is 5.91 Å². The summed E-state index contributed by atoms with van der Waals surface area (Å²) in [6.45, 7) is 10.1. The van der Waals surface area contributed by atoms with E-state index in [1.807, 2.05) is 24.5 Å². The van der Waals surface area contributed by atoms with Gasteiger partial charge in [0.05, 0.1) is 17.3 Å². The number of aryl methyl sites for hydroxylation is 2. The van der Waals surface area contributed by atoms with Crippen LogP contribution >= 0.6 is 0 Å². The molecule has 0 saturated carbocycles. The molecule has 8 heteroatoms. The van der Waals surface area contributed by atoms with E-state index in [4.69, 9.17) is 4.74 Å². The highest BCUT2D eigenvalue weighted by Gasteiger charge is 2.28. The molecule has 0 saturated heterocycles. The number of benzene rings is 1. The van der Waals surface area contributed by atoms with Crippen LogP contribution < -0.4 is 10.1 Å². The Bertz CT molecular complexity index is 1140. The van der Waals surface area contributed by atoms with Crippen LogP contribution in [0.3, 0.4) is 0 Å². The molecule has 0 spiro atoms. The number of anilines is 1. The van der Waals surface area contributed by atoms with E-state index in [-0.39, 0.29) is 17.7 Å². The first kappa shape index (κ1) is 18.9. The second kappa shape index (κ2) is 7.20. The molecule has 1 aromatic carbocycles. The standard InChI is InChI=1S/C21H23N5O3/c1-5-7-15-11-29-18-10-14(13(4)27)9-16-19(18)26(15)21(22-16)23-20(28)17-8-12(3)24-25(17)6-2/h5,8-10,15H,1,6-7,11H2,2-4H3,(H,22,23,28)/t15-/m1/s1. The molecule has 3 aromatic rings. The molecule has 0 fully saturated rings. The summed E-state index contributed by atoms with van der Waals surface area (Å²) in [6, 6.07) is 5.16. The lowest BCUT2D eigenvalue weighted by Crippen LogP contribution is -2.25. The molecule has 1 aliphatic rings. The maximum absolute atomic E-state index is 13.0. The Kier molecular flexibility index (Phi) is 4.70. The number of ketones is 1. The number of ether oxygens (including phenoxy) is 1. The Labute approximate surface area is 168 Å². The number of nitrogens with zero attached hydrogens (tertiary/aromatic N) is 4. The lowest BCUT2D eigenvalue weighted by atomic mass is 10.1. The van der Waals surface area contributed by atoms with E-state index in [1.165, 1.54) is 6.92 Å². The third-order valence-corrected chi connectivity index (χ3v) is 5.05. The lowest BCUT2D eigenvalue weighted by Gasteiger charge is -2.26. The summed E-state index contributed by atoms with van der Waals surface area (Å²) >= 11 is 0. The van der Waals surface area contributed by atoms with Gasteiger partial charge >= 0.3 is 0 Å². The Hall–Kier alpha value is -3.42. The highest BCUT2D eigenvalue weighted by atomic mass is 16.5. The zero-order valence-corrected chi connectivity index (χ0v) is 16.7. The summed E-state index contributed by atoms with van der Waals surface area (Å²) < 4.78 is 9.54. The molecule has 150 valence electrons. The minimum atomic E-state index is -0.281. The van der Waals surface area contributed by atoms with E-state index in [1.54, 1.807) is 22.9 Å². The van der Waals surface area contributed by atoms with Gasteiger partial charge < -0.3 is 4.74 Å². The van der Waals surface area contributed by atoms with Gasteiger partial charge in [0.2, 0.25) is 5.95 Å². The summed E-state index contributed by atoms with van der Waals surface area (Å²) in [4.78, 5) is 29.5.